The van der Waals surface area contributed by atoms with Crippen LogP contribution in [0, 0.1) is 0 Å². The summed E-state index contributed by atoms with van der Waals surface area (Å²) >= 11 is 0. The van der Waals surface area contributed by atoms with E-state index in [2.05, 4.69) is 10.4 Å². The molecule has 0 radical (unpaired) electrons. The lowest BCUT2D eigenvalue weighted by atomic mass is 10.1. The summed E-state index contributed by atoms with van der Waals surface area (Å²) in [6, 6.07) is 18.3. The summed E-state index contributed by atoms with van der Waals surface area (Å²) in [5.74, 6) is 0.943. The van der Waals surface area contributed by atoms with Gasteiger partial charge in [-0.05, 0) is 36.2 Å². The molecule has 0 aliphatic carbocycles. The van der Waals surface area contributed by atoms with Gasteiger partial charge in [-0.1, -0.05) is 36.4 Å². The number of pyridine rings is 1. The van der Waals surface area contributed by atoms with E-state index in [9.17, 15) is 9.59 Å². The molecule has 0 fully saturated rings. The highest BCUT2D eigenvalue weighted by molar-refractivity contribution is 5.95. The second kappa shape index (κ2) is 10.6. The number of fused-ring (bicyclic) bond motifs is 1. The van der Waals surface area contributed by atoms with Crippen LogP contribution in [0.4, 0.5) is 0 Å². The number of rotatable bonds is 10. The van der Waals surface area contributed by atoms with Crippen LogP contribution >= 0.6 is 0 Å². The maximum Gasteiger partial charge on any atom is 0.350 e. The summed E-state index contributed by atoms with van der Waals surface area (Å²) in [6.45, 7) is 1.09. The van der Waals surface area contributed by atoms with Gasteiger partial charge in [0.25, 0.3) is 5.91 Å². The molecule has 34 heavy (non-hydrogen) atoms. The topological polar surface area (TPSA) is 96.1 Å². The van der Waals surface area contributed by atoms with E-state index in [4.69, 9.17) is 14.2 Å². The van der Waals surface area contributed by atoms with Gasteiger partial charge in [-0.2, -0.15) is 0 Å². The minimum Gasteiger partial charge on any atom is -0.493 e. The molecule has 1 N–H and O–H groups in total. The van der Waals surface area contributed by atoms with Crippen molar-refractivity contribution in [2.45, 2.75) is 19.6 Å². The van der Waals surface area contributed by atoms with Gasteiger partial charge in [-0.15, -0.1) is 5.10 Å². The van der Waals surface area contributed by atoms with E-state index < -0.39 is 0 Å². The van der Waals surface area contributed by atoms with Gasteiger partial charge in [-0.25, -0.2) is 9.48 Å². The van der Waals surface area contributed by atoms with Gasteiger partial charge in [0.1, 0.15) is 6.61 Å². The molecule has 0 aliphatic rings. The fourth-order valence-electron chi connectivity index (χ4n) is 3.53. The molecule has 2 aromatic heterocycles. The third-order valence-electron chi connectivity index (χ3n) is 5.27. The molecule has 2 aromatic carbocycles. The summed E-state index contributed by atoms with van der Waals surface area (Å²) in [4.78, 5) is 25.1. The average Bonchev–Trinajstić information content (AvgIpc) is 3.20. The van der Waals surface area contributed by atoms with Gasteiger partial charge in [0.05, 0.1) is 14.2 Å². The zero-order valence-corrected chi connectivity index (χ0v) is 19.1. The number of hydrogen-bond acceptors (Lipinski definition) is 6. The maximum absolute atomic E-state index is 12.7. The van der Waals surface area contributed by atoms with Crippen molar-refractivity contribution in [2.75, 3.05) is 20.8 Å². The number of nitrogens with zero attached hydrogens (tertiary/aromatic N) is 3. The predicted octanol–water partition coefficient (Wildman–Crippen LogP) is 2.91. The molecule has 9 heteroatoms. The molecule has 0 saturated heterocycles. The highest BCUT2D eigenvalue weighted by Gasteiger charge is 2.18. The number of carbonyl (C=O) groups is 1. The molecule has 4 aromatic rings. The first-order valence-electron chi connectivity index (χ1n) is 10.9. The Labute approximate surface area is 196 Å². The quantitative estimate of drug-likeness (QED) is 0.364. The Morgan fingerprint density at radius 1 is 1.00 bits per heavy atom. The second-order valence-corrected chi connectivity index (χ2v) is 7.53. The molecule has 2 heterocycles. The van der Waals surface area contributed by atoms with Crippen LogP contribution in [0.2, 0.25) is 0 Å². The molecule has 0 bridgehead atoms. The number of benzene rings is 2. The first kappa shape index (κ1) is 22.9. The fraction of sp³-hybridized carbons (Fsp3) is 0.240. The Balaban J connectivity index is 1.39. The monoisotopic (exact) mass is 462 g/mol. The van der Waals surface area contributed by atoms with Gasteiger partial charge < -0.3 is 19.5 Å². The zero-order valence-electron chi connectivity index (χ0n) is 19.1. The van der Waals surface area contributed by atoms with Crippen molar-refractivity contribution in [3.8, 4) is 17.2 Å². The van der Waals surface area contributed by atoms with Gasteiger partial charge in [-0.3, -0.25) is 9.20 Å². The lowest BCUT2D eigenvalue weighted by Gasteiger charge is -2.16. The van der Waals surface area contributed by atoms with E-state index in [-0.39, 0.29) is 11.6 Å². The zero-order chi connectivity index (χ0) is 23.9. The standard InChI is InChI=1S/C25H26N4O5/c1-32-20-15-19(16-21(33-2)23(20)34-17-18-9-4-3-5-10-18)24(30)26-12-8-14-29-25(31)28-13-7-6-11-22(28)27-29/h3-7,9-11,13,15-16H,8,12,14,17H2,1-2H3,(H,26,30). The van der Waals surface area contributed by atoms with E-state index in [0.29, 0.717) is 54.6 Å². The van der Waals surface area contributed by atoms with Crippen LogP contribution in [0.15, 0.2) is 71.7 Å². The van der Waals surface area contributed by atoms with Gasteiger partial charge in [0, 0.05) is 24.8 Å². The number of amides is 1. The largest absolute Gasteiger partial charge is 0.493 e. The van der Waals surface area contributed by atoms with Crippen molar-refractivity contribution >= 4 is 11.6 Å². The maximum atomic E-state index is 12.7. The van der Waals surface area contributed by atoms with Crippen molar-refractivity contribution in [2.24, 2.45) is 0 Å². The minimum atomic E-state index is -0.284. The van der Waals surface area contributed by atoms with Gasteiger partial charge >= 0.3 is 5.69 Å². The summed E-state index contributed by atoms with van der Waals surface area (Å²) in [5, 5.41) is 7.15. The van der Waals surface area contributed by atoms with E-state index in [0.717, 1.165) is 5.56 Å². The summed E-state index contributed by atoms with van der Waals surface area (Å²) in [7, 11) is 3.02. The lowest BCUT2D eigenvalue weighted by molar-refractivity contribution is 0.0951. The molecule has 0 unspecified atom stereocenters. The number of aryl methyl sites for hydroxylation is 1. The molecule has 0 saturated carbocycles. The third kappa shape index (κ3) is 5.03. The Morgan fingerprint density at radius 3 is 2.38 bits per heavy atom. The van der Waals surface area contributed by atoms with Crippen molar-refractivity contribution in [1.29, 1.82) is 0 Å². The van der Waals surface area contributed by atoms with Crippen LogP contribution in [0.25, 0.3) is 5.65 Å². The number of nitrogens with one attached hydrogen (secondary N) is 1. The fourth-order valence-corrected chi connectivity index (χ4v) is 3.53. The molecule has 0 spiro atoms. The van der Waals surface area contributed by atoms with Crippen LogP contribution in [-0.4, -0.2) is 40.9 Å². The first-order valence-corrected chi connectivity index (χ1v) is 10.9. The van der Waals surface area contributed by atoms with Gasteiger partial charge in [0.2, 0.25) is 5.75 Å². The van der Waals surface area contributed by atoms with Crippen molar-refractivity contribution in [3.05, 3.63) is 88.5 Å². The van der Waals surface area contributed by atoms with E-state index in [1.807, 2.05) is 36.4 Å². The third-order valence-corrected chi connectivity index (χ3v) is 5.27. The van der Waals surface area contributed by atoms with Crippen LogP contribution in [0.3, 0.4) is 0 Å². The van der Waals surface area contributed by atoms with Crippen molar-refractivity contribution in [3.63, 3.8) is 0 Å². The molecule has 4 rings (SSSR count). The van der Waals surface area contributed by atoms with Crippen molar-refractivity contribution in [1.82, 2.24) is 19.5 Å². The molecule has 0 aliphatic heterocycles. The highest BCUT2D eigenvalue weighted by atomic mass is 16.5. The van der Waals surface area contributed by atoms with Crippen molar-refractivity contribution < 1.29 is 19.0 Å². The molecular weight excluding hydrogens is 436 g/mol. The molecular formula is C25H26N4O5. The number of ether oxygens (including phenoxy) is 3. The summed E-state index contributed by atoms with van der Waals surface area (Å²) in [6.07, 6.45) is 2.22. The van der Waals surface area contributed by atoms with Crippen LogP contribution in [-0.2, 0) is 13.2 Å². The Morgan fingerprint density at radius 2 is 1.71 bits per heavy atom. The Bertz CT molecular complexity index is 1310. The van der Waals surface area contributed by atoms with E-state index >= 15 is 0 Å². The highest BCUT2D eigenvalue weighted by Crippen LogP contribution is 2.39. The summed E-state index contributed by atoms with van der Waals surface area (Å²) in [5.41, 5.74) is 1.76. The van der Waals surface area contributed by atoms with E-state index in [1.165, 1.54) is 23.3 Å². The predicted molar refractivity (Wildman–Crippen MR) is 127 cm³/mol. The van der Waals surface area contributed by atoms with E-state index in [1.54, 1.807) is 30.5 Å². The average molecular weight is 463 g/mol. The molecule has 1 amide bonds. The summed E-state index contributed by atoms with van der Waals surface area (Å²) < 4.78 is 19.7. The number of carbonyl (C=O) groups excluding carboxylic acids is 1. The SMILES string of the molecule is COc1cc(C(=O)NCCCn2nc3ccccn3c2=O)cc(OC)c1OCc1ccccc1. The molecule has 176 valence electrons. The normalized spacial score (nSPS) is 10.8. The number of aromatic nitrogens is 3. The van der Waals surface area contributed by atoms with Crippen LogP contribution in [0.5, 0.6) is 17.2 Å². The van der Waals surface area contributed by atoms with Gasteiger partial charge in [0.15, 0.2) is 17.1 Å². The van der Waals surface area contributed by atoms with Crippen LogP contribution in [0.1, 0.15) is 22.3 Å². The molecule has 0 atom stereocenters. The smallest absolute Gasteiger partial charge is 0.350 e. The molecule has 9 nitrogen and oxygen atoms in total. The first-order chi connectivity index (χ1) is 16.6. The minimum absolute atomic E-state index is 0.206. The number of methoxy groups -OCH3 is 2. The number of hydrogen-bond donors (Lipinski definition) is 1. The Hall–Kier alpha value is -4.27. The lowest BCUT2D eigenvalue weighted by Crippen LogP contribution is -2.27. The van der Waals surface area contributed by atoms with Crippen LogP contribution < -0.4 is 25.2 Å². The second-order valence-electron chi connectivity index (χ2n) is 7.53. The Kier molecular flexibility index (Phi) is 7.12.